The Labute approximate surface area is 188 Å². The normalized spacial score (nSPS) is 15.8. The first-order chi connectivity index (χ1) is 15.5. The molecule has 0 aliphatic carbocycles. The zero-order valence-corrected chi connectivity index (χ0v) is 18.4. The van der Waals surface area contributed by atoms with Gasteiger partial charge in [0.1, 0.15) is 0 Å². The van der Waals surface area contributed by atoms with E-state index in [2.05, 4.69) is 16.3 Å². The highest BCUT2D eigenvalue weighted by atomic mass is 16.5. The van der Waals surface area contributed by atoms with Gasteiger partial charge in [-0.1, -0.05) is 12.1 Å². The van der Waals surface area contributed by atoms with Gasteiger partial charge in [0.05, 0.1) is 5.56 Å². The summed E-state index contributed by atoms with van der Waals surface area (Å²) < 4.78 is 5.17. The number of ether oxygens (including phenoxy) is 1. The molecule has 7 nitrogen and oxygen atoms in total. The molecule has 1 N–H and O–H groups in total. The standard InChI is InChI=1S/C25H29N3O4/c1-18-15-21(27-12-2-3-13-27)10-11-22(18)26-23(29)17-32-25(31)20-8-6-19(7-9-20)16-28-14-4-5-24(28)30/h6-11,15H,2-5,12-14,16-17H2,1H3,(H,26,29). The fourth-order valence-electron chi connectivity index (χ4n) is 4.20. The van der Waals surface area contributed by atoms with Crippen molar-refractivity contribution in [3.05, 3.63) is 59.2 Å². The Morgan fingerprint density at radius 3 is 2.41 bits per heavy atom. The number of nitrogens with one attached hydrogen (secondary N) is 1. The number of hydrogen-bond donors (Lipinski definition) is 1. The van der Waals surface area contributed by atoms with Crippen LogP contribution in [-0.2, 0) is 20.9 Å². The van der Waals surface area contributed by atoms with Crippen molar-refractivity contribution in [2.45, 2.75) is 39.2 Å². The van der Waals surface area contributed by atoms with Crippen molar-refractivity contribution in [2.75, 3.05) is 36.5 Å². The zero-order chi connectivity index (χ0) is 22.5. The summed E-state index contributed by atoms with van der Waals surface area (Å²) in [7, 11) is 0. The van der Waals surface area contributed by atoms with Crippen LogP contribution >= 0.6 is 0 Å². The molecule has 2 saturated heterocycles. The van der Waals surface area contributed by atoms with Crippen LogP contribution in [0, 0.1) is 6.92 Å². The molecule has 0 spiro atoms. The summed E-state index contributed by atoms with van der Waals surface area (Å²) in [6, 6.07) is 12.9. The number of carbonyl (C=O) groups is 3. The molecule has 168 valence electrons. The molecule has 4 rings (SSSR count). The minimum Gasteiger partial charge on any atom is -0.452 e. The molecule has 0 aromatic heterocycles. The van der Waals surface area contributed by atoms with Gasteiger partial charge < -0.3 is 19.9 Å². The van der Waals surface area contributed by atoms with Crippen LogP contribution in [0.1, 0.15) is 47.2 Å². The summed E-state index contributed by atoms with van der Waals surface area (Å²) in [5.74, 6) is -0.759. The van der Waals surface area contributed by atoms with Crippen LogP contribution in [0.3, 0.4) is 0 Å². The van der Waals surface area contributed by atoms with Crippen molar-refractivity contribution in [1.82, 2.24) is 4.90 Å². The van der Waals surface area contributed by atoms with Gasteiger partial charge in [-0.2, -0.15) is 0 Å². The molecule has 0 unspecified atom stereocenters. The number of hydrogen-bond acceptors (Lipinski definition) is 5. The molecule has 2 fully saturated rings. The molecule has 2 aliphatic heterocycles. The fraction of sp³-hybridized carbons (Fsp3) is 0.400. The van der Waals surface area contributed by atoms with E-state index in [4.69, 9.17) is 4.74 Å². The minimum atomic E-state index is -0.551. The lowest BCUT2D eigenvalue weighted by Crippen LogP contribution is -2.24. The lowest BCUT2D eigenvalue weighted by molar-refractivity contribution is -0.128. The second-order valence-corrected chi connectivity index (χ2v) is 8.43. The van der Waals surface area contributed by atoms with E-state index in [0.717, 1.165) is 42.9 Å². The number of likely N-dealkylation sites (tertiary alicyclic amines) is 1. The number of anilines is 2. The molecule has 2 aliphatic rings. The molecule has 2 amide bonds. The van der Waals surface area contributed by atoms with E-state index in [1.165, 1.54) is 18.5 Å². The minimum absolute atomic E-state index is 0.167. The van der Waals surface area contributed by atoms with Crippen LogP contribution in [0.5, 0.6) is 0 Å². The van der Waals surface area contributed by atoms with Gasteiger partial charge in [-0.05, 0) is 67.6 Å². The lowest BCUT2D eigenvalue weighted by Gasteiger charge is -2.19. The van der Waals surface area contributed by atoms with E-state index in [1.54, 1.807) is 12.1 Å². The SMILES string of the molecule is Cc1cc(N2CCCC2)ccc1NC(=O)COC(=O)c1ccc(CN2CCCC2=O)cc1. The molecule has 0 bridgehead atoms. The van der Waals surface area contributed by atoms with Gasteiger partial charge in [0.25, 0.3) is 5.91 Å². The van der Waals surface area contributed by atoms with Gasteiger partial charge in [0, 0.05) is 44.0 Å². The topological polar surface area (TPSA) is 79.0 Å². The van der Waals surface area contributed by atoms with Crippen molar-refractivity contribution in [1.29, 1.82) is 0 Å². The van der Waals surface area contributed by atoms with Gasteiger partial charge in [-0.25, -0.2) is 4.79 Å². The average molecular weight is 436 g/mol. The molecular formula is C25H29N3O4. The van der Waals surface area contributed by atoms with Gasteiger partial charge in [-0.3, -0.25) is 9.59 Å². The maximum Gasteiger partial charge on any atom is 0.338 e. The predicted octanol–water partition coefficient (Wildman–Crippen LogP) is 3.51. The highest BCUT2D eigenvalue weighted by Gasteiger charge is 2.20. The van der Waals surface area contributed by atoms with Crippen LogP contribution in [0.25, 0.3) is 0 Å². The summed E-state index contributed by atoms with van der Waals surface area (Å²) in [6.07, 6.45) is 3.93. The van der Waals surface area contributed by atoms with Crippen LogP contribution < -0.4 is 10.2 Å². The van der Waals surface area contributed by atoms with Crippen LogP contribution in [0.4, 0.5) is 11.4 Å². The Morgan fingerprint density at radius 1 is 1.00 bits per heavy atom. The predicted molar refractivity (Wildman–Crippen MR) is 123 cm³/mol. The monoisotopic (exact) mass is 435 g/mol. The Balaban J connectivity index is 1.26. The highest BCUT2D eigenvalue weighted by molar-refractivity contribution is 5.96. The number of aryl methyl sites for hydroxylation is 1. The molecule has 2 aromatic carbocycles. The quantitative estimate of drug-likeness (QED) is 0.674. The van der Waals surface area contributed by atoms with E-state index in [1.807, 2.05) is 36.1 Å². The third-order valence-electron chi connectivity index (χ3n) is 6.02. The van der Waals surface area contributed by atoms with Gasteiger partial charge >= 0.3 is 5.97 Å². The van der Waals surface area contributed by atoms with Crippen molar-refractivity contribution in [3.63, 3.8) is 0 Å². The maximum absolute atomic E-state index is 12.3. The first-order valence-electron chi connectivity index (χ1n) is 11.2. The van der Waals surface area contributed by atoms with Gasteiger partial charge in [0.2, 0.25) is 5.91 Å². The van der Waals surface area contributed by atoms with E-state index in [0.29, 0.717) is 18.5 Å². The zero-order valence-electron chi connectivity index (χ0n) is 18.4. The Hall–Kier alpha value is -3.35. The molecular weight excluding hydrogens is 406 g/mol. The first-order valence-corrected chi connectivity index (χ1v) is 11.2. The molecule has 32 heavy (non-hydrogen) atoms. The number of carbonyl (C=O) groups excluding carboxylic acids is 3. The fourth-order valence-corrected chi connectivity index (χ4v) is 4.20. The van der Waals surface area contributed by atoms with Gasteiger partial charge in [0.15, 0.2) is 6.61 Å². The molecule has 0 atom stereocenters. The Morgan fingerprint density at radius 2 is 1.75 bits per heavy atom. The van der Waals surface area contributed by atoms with Crippen LogP contribution in [0.15, 0.2) is 42.5 Å². The highest BCUT2D eigenvalue weighted by Crippen LogP contribution is 2.25. The molecule has 7 heteroatoms. The second kappa shape index (κ2) is 9.85. The average Bonchev–Trinajstić information content (AvgIpc) is 3.46. The Bertz CT molecular complexity index is 997. The lowest BCUT2D eigenvalue weighted by atomic mass is 10.1. The smallest absolute Gasteiger partial charge is 0.338 e. The summed E-state index contributed by atoms with van der Waals surface area (Å²) in [4.78, 5) is 40.5. The Kier molecular flexibility index (Phi) is 6.73. The van der Waals surface area contributed by atoms with E-state index in [9.17, 15) is 14.4 Å². The molecule has 0 radical (unpaired) electrons. The number of benzene rings is 2. The molecule has 0 saturated carbocycles. The second-order valence-electron chi connectivity index (χ2n) is 8.43. The largest absolute Gasteiger partial charge is 0.452 e. The van der Waals surface area contributed by atoms with Crippen molar-refractivity contribution in [3.8, 4) is 0 Å². The summed E-state index contributed by atoms with van der Waals surface area (Å²) in [6.45, 7) is 5.07. The summed E-state index contributed by atoms with van der Waals surface area (Å²) >= 11 is 0. The van der Waals surface area contributed by atoms with Crippen molar-refractivity contribution >= 4 is 29.2 Å². The van der Waals surface area contributed by atoms with E-state index >= 15 is 0 Å². The summed E-state index contributed by atoms with van der Waals surface area (Å²) in [5, 5.41) is 2.82. The van der Waals surface area contributed by atoms with Crippen LogP contribution in [0.2, 0.25) is 0 Å². The number of rotatable bonds is 7. The van der Waals surface area contributed by atoms with E-state index in [-0.39, 0.29) is 18.4 Å². The van der Waals surface area contributed by atoms with E-state index < -0.39 is 5.97 Å². The molecule has 2 aromatic rings. The number of nitrogens with zero attached hydrogens (tertiary/aromatic N) is 2. The van der Waals surface area contributed by atoms with Gasteiger partial charge in [-0.15, -0.1) is 0 Å². The first kappa shape index (κ1) is 21.9. The van der Waals surface area contributed by atoms with Crippen LogP contribution in [-0.4, -0.2) is 48.9 Å². The molecule has 2 heterocycles. The summed E-state index contributed by atoms with van der Waals surface area (Å²) in [5.41, 5.74) is 4.20. The number of esters is 1. The third-order valence-corrected chi connectivity index (χ3v) is 6.02. The third kappa shape index (κ3) is 5.28. The van der Waals surface area contributed by atoms with Crippen molar-refractivity contribution in [2.24, 2.45) is 0 Å². The van der Waals surface area contributed by atoms with Crippen molar-refractivity contribution < 1.29 is 19.1 Å². The number of amides is 2. The maximum atomic E-state index is 12.3.